The minimum atomic E-state index is 0.388. The Labute approximate surface area is 149 Å². The van der Waals surface area contributed by atoms with E-state index < -0.39 is 0 Å². The number of hydrogen-bond acceptors (Lipinski definition) is 5. The predicted octanol–water partition coefficient (Wildman–Crippen LogP) is 1.80. The molecule has 1 N–H and O–H groups in total. The van der Waals surface area contributed by atoms with E-state index in [1.165, 1.54) is 12.8 Å². The molecule has 6 heteroatoms. The fraction of sp³-hybridized carbons (Fsp3) is 0.789. The molecule has 138 valence electrons. The predicted molar refractivity (Wildman–Crippen MR) is 95.0 cm³/mol. The lowest BCUT2D eigenvalue weighted by molar-refractivity contribution is -0.142. The van der Waals surface area contributed by atoms with Crippen LogP contribution in [0, 0.1) is 18.8 Å². The van der Waals surface area contributed by atoms with Crippen LogP contribution in [0.4, 0.5) is 0 Å². The van der Waals surface area contributed by atoms with E-state index in [0.29, 0.717) is 23.8 Å². The van der Waals surface area contributed by atoms with E-state index in [1.54, 1.807) is 0 Å². The zero-order chi connectivity index (χ0) is 17.2. The van der Waals surface area contributed by atoms with Crippen molar-refractivity contribution < 1.29 is 9.32 Å². The molecule has 3 fully saturated rings. The average Bonchev–Trinajstić information content (AvgIpc) is 3.03. The van der Waals surface area contributed by atoms with E-state index in [1.807, 2.05) is 13.0 Å². The third-order valence-corrected chi connectivity index (χ3v) is 6.20. The van der Waals surface area contributed by atoms with Gasteiger partial charge in [-0.05, 0) is 57.5 Å². The van der Waals surface area contributed by atoms with Gasteiger partial charge in [-0.1, -0.05) is 5.16 Å². The van der Waals surface area contributed by atoms with Gasteiger partial charge < -0.3 is 14.7 Å². The van der Waals surface area contributed by atoms with Gasteiger partial charge in [-0.15, -0.1) is 0 Å². The maximum atomic E-state index is 12.6. The first-order chi connectivity index (χ1) is 12.2. The number of aryl methyl sites for hydroxylation is 1. The molecule has 25 heavy (non-hydrogen) atoms. The molecule has 0 aromatic carbocycles. The lowest BCUT2D eigenvalue weighted by atomic mass is 9.82. The molecule has 1 amide bonds. The Bertz CT molecular complexity index is 596. The highest BCUT2D eigenvalue weighted by molar-refractivity contribution is 5.77. The van der Waals surface area contributed by atoms with Gasteiger partial charge in [0.2, 0.25) is 5.91 Å². The summed E-state index contributed by atoms with van der Waals surface area (Å²) in [5.41, 5.74) is 0.946. The van der Waals surface area contributed by atoms with Crippen molar-refractivity contribution in [1.82, 2.24) is 20.3 Å². The first-order valence-corrected chi connectivity index (χ1v) is 9.84. The summed E-state index contributed by atoms with van der Waals surface area (Å²) in [5.74, 6) is 2.63. The Kier molecular flexibility index (Phi) is 5.08. The first-order valence-electron chi connectivity index (χ1n) is 9.84. The number of likely N-dealkylation sites (tertiary alicyclic amines) is 2. The van der Waals surface area contributed by atoms with E-state index in [9.17, 15) is 4.79 Å². The van der Waals surface area contributed by atoms with E-state index in [-0.39, 0.29) is 0 Å². The van der Waals surface area contributed by atoms with E-state index in [2.05, 4.69) is 20.3 Å². The summed E-state index contributed by atoms with van der Waals surface area (Å²) in [7, 11) is 0. The monoisotopic (exact) mass is 346 g/mol. The van der Waals surface area contributed by atoms with Crippen molar-refractivity contribution in [1.29, 1.82) is 0 Å². The largest absolute Gasteiger partial charge is 0.360 e. The van der Waals surface area contributed by atoms with Gasteiger partial charge in [0.25, 0.3) is 0 Å². The van der Waals surface area contributed by atoms with Crippen LogP contribution in [0.15, 0.2) is 10.6 Å². The standard InChI is InChI=1S/C19H30N4O2/c1-14-10-17(25-21-14)13-22-9-6-18-16(12-22)2-3-19(24)23(18)11-15-4-7-20-8-5-15/h10,15-16,18,20H,2-9,11-13H2,1H3/t16-,18+/m0/s1. The summed E-state index contributed by atoms with van der Waals surface area (Å²) in [6.07, 6.45) is 5.27. The highest BCUT2D eigenvalue weighted by Gasteiger charge is 2.40. The van der Waals surface area contributed by atoms with Crippen LogP contribution in [0.5, 0.6) is 0 Å². The number of carbonyl (C=O) groups excluding carboxylic acids is 1. The molecule has 3 aliphatic rings. The van der Waals surface area contributed by atoms with Gasteiger partial charge in [-0.3, -0.25) is 9.69 Å². The molecule has 0 radical (unpaired) electrons. The Balaban J connectivity index is 1.37. The maximum Gasteiger partial charge on any atom is 0.222 e. The number of fused-ring (bicyclic) bond motifs is 1. The fourth-order valence-corrected chi connectivity index (χ4v) is 4.86. The van der Waals surface area contributed by atoms with Crippen LogP contribution in [-0.2, 0) is 11.3 Å². The fourth-order valence-electron chi connectivity index (χ4n) is 4.86. The molecular weight excluding hydrogens is 316 g/mol. The Hall–Kier alpha value is -1.40. The minimum Gasteiger partial charge on any atom is -0.360 e. The number of nitrogens with one attached hydrogen (secondary N) is 1. The molecule has 2 atom stereocenters. The van der Waals surface area contributed by atoms with Crippen LogP contribution in [0.1, 0.15) is 43.6 Å². The number of nitrogens with zero attached hydrogens (tertiary/aromatic N) is 3. The molecule has 1 aromatic rings. The molecule has 0 aliphatic carbocycles. The SMILES string of the molecule is Cc1cc(CN2CC[C@@H]3[C@@H](CCC(=O)N3CC3CCNCC3)C2)on1. The highest BCUT2D eigenvalue weighted by atomic mass is 16.5. The van der Waals surface area contributed by atoms with Crippen LogP contribution in [0.3, 0.4) is 0 Å². The topological polar surface area (TPSA) is 61.6 Å². The zero-order valence-corrected chi connectivity index (χ0v) is 15.2. The number of rotatable bonds is 4. The first kappa shape index (κ1) is 17.0. The highest BCUT2D eigenvalue weighted by Crippen LogP contribution is 2.33. The lowest BCUT2D eigenvalue weighted by Gasteiger charge is -2.48. The third-order valence-electron chi connectivity index (χ3n) is 6.20. The second-order valence-electron chi connectivity index (χ2n) is 8.06. The number of hydrogen-bond donors (Lipinski definition) is 1. The van der Waals surface area contributed by atoms with Crippen molar-refractivity contribution in [2.45, 2.75) is 51.6 Å². The van der Waals surface area contributed by atoms with Gasteiger partial charge in [-0.2, -0.15) is 0 Å². The maximum absolute atomic E-state index is 12.6. The molecule has 1 aromatic heterocycles. The molecule has 0 saturated carbocycles. The van der Waals surface area contributed by atoms with Crippen molar-refractivity contribution >= 4 is 5.91 Å². The van der Waals surface area contributed by atoms with Crippen LogP contribution in [-0.4, -0.2) is 59.6 Å². The molecule has 0 spiro atoms. The van der Waals surface area contributed by atoms with Gasteiger partial charge in [0.1, 0.15) is 0 Å². The third kappa shape index (κ3) is 3.90. The summed E-state index contributed by atoms with van der Waals surface area (Å²) in [5, 5.41) is 7.42. The number of amides is 1. The van der Waals surface area contributed by atoms with Crippen LogP contribution < -0.4 is 5.32 Å². The van der Waals surface area contributed by atoms with Crippen LogP contribution in [0.2, 0.25) is 0 Å². The van der Waals surface area contributed by atoms with Crippen molar-refractivity contribution in [3.63, 3.8) is 0 Å². The Morgan fingerprint density at radius 1 is 1.28 bits per heavy atom. The van der Waals surface area contributed by atoms with Crippen LogP contribution >= 0.6 is 0 Å². The zero-order valence-electron chi connectivity index (χ0n) is 15.2. The second kappa shape index (κ2) is 7.46. The van der Waals surface area contributed by atoms with E-state index >= 15 is 0 Å². The molecule has 4 heterocycles. The van der Waals surface area contributed by atoms with Crippen molar-refractivity contribution in [2.75, 3.05) is 32.7 Å². The summed E-state index contributed by atoms with van der Waals surface area (Å²) in [4.78, 5) is 17.3. The summed E-state index contributed by atoms with van der Waals surface area (Å²) < 4.78 is 5.38. The molecular formula is C19H30N4O2. The molecule has 0 unspecified atom stereocenters. The number of piperidine rings is 3. The molecule has 3 saturated heterocycles. The molecule has 4 rings (SSSR count). The van der Waals surface area contributed by atoms with Gasteiger partial charge in [0.05, 0.1) is 12.2 Å². The van der Waals surface area contributed by atoms with Crippen LogP contribution in [0.25, 0.3) is 0 Å². The Morgan fingerprint density at radius 2 is 2.12 bits per heavy atom. The van der Waals surface area contributed by atoms with Gasteiger partial charge >= 0.3 is 0 Å². The Morgan fingerprint density at radius 3 is 2.88 bits per heavy atom. The minimum absolute atomic E-state index is 0.388. The van der Waals surface area contributed by atoms with E-state index in [4.69, 9.17) is 4.52 Å². The average molecular weight is 346 g/mol. The van der Waals surface area contributed by atoms with Gasteiger partial charge in [0, 0.05) is 38.2 Å². The second-order valence-corrected chi connectivity index (χ2v) is 8.06. The summed E-state index contributed by atoms with van der Waals surface area (Å²) in [6.45, 7) is 8.09. The van der Waals surface area contributed by atoms with Crippen molar-refractivity contribution in [3.8, 4) is 0 Å². The molecule has 3 aliphatic heterocycles. The van der Waals surface area contributed by atoms with Gasteiger partial charge in [-0.25, -0.2) is 0 Å². The lowest BCUT2D eigenvalue weighted by Crippen LogP contribution is -2.57. The summed E-state index contributed by atoms with van der Waals surface area (Å²) >= 11 is 0. The quantitative estimate of drug-likeness (QED) is 0.901. The smallest absolute Gasteiger partial charge is 0.222 e. The normalized spacial score (nSPS) is 29.0. The number of carbonyl (C=O) groups is 1. The molecule has 6 nitrogen and oxygen atoms in total. The van der Waals surface area contributed by atoms with E-state index in [0.717, 1.165) is 70.0 Å². The molecule has 0 bridgehead atoms. The van der Waals surface area contributed by atoms with Gasteiger partial charge in [0.15, 0.2) is 5.76 Å². The van der Waals surface area contributed by atoms with Crippen molar-refractivity contribution in [2.24, 2.45) is 11.8 Å². The summed E-state index contributed by atoms with van der Waals surface area (Å²) in [6, 6.07) is 2.48. The van der Waals surface area contributed by atoms with Crippen molar-refractivity contribution in [3.05, 3.63) is 17.5 Å². The number of aromatic nitrogens is 1.